The number of benzene rings is 1. The third-order valence-corrected chi connectivity index (χ3v) is 6.50. The van der Waals surface area contributed by atoms with Gasteiger partial charge >= 0.3 is 0 Å². The average molecular weight is 346 g/mol. The van der Waals surface area contributed by atoms with Gasteiger partial charge in [0.15, 0.2) is 11.6 Å². The number of hydrogen-bond acceptors (Lipinski definition) is 3. The summed E-state index contributed by atoms with van der Waals surface area (Å²) in [4.78, 5) is 14.9. The molecule has 2 unspecified atom stereocenters. The third-order valence-electron chi connectivity index (χ3n) is 6.50. The topological polar surface area (TPSA) is 52.6 Å². The molecule has 1 aromatic rings. The van der Waals surface area contributed by atoms with Crippen LogP contribution in [-0.2, 0) is 4.79 Å². The van der Waals surface area contributed by atoms with Gasteiger partial charge in [-0.05, 0) is 49.1 Å². The number of phenols is 1. The molecule has 3 fully saturated rings. The van der Waals surface area contributed by atoms with Crippen LogP contribution in [0.5, 0.6) is 5.75 Å². The van der Waals surface area contributed by atoms with Gasteiger partial charge in [0.25, 0.3) is 0 Å². The predicted molar refractivity (Wildman–Crippen MR) is 93.9 cm³/mol. The van der Waals surface area contributed by atoms with Gasteiger partial charge in [0.1, 0.15) is 0 Å². The van der Waals surface area contributed by atoms with Gasteiger partial charge in [-0.15, -0.1) is 0 Å². The maximum absolute atomic E-state index is 14.2. The van der Waals surface area contributed by atoms with Gasteiger partial charge in [0.05, 0.1) is 6.04 Å². The molecule has 136 valence electrons. The van der Waals surface area contributed by atoms with Crippen LogP contribution in [0, 0.1) is 11.2 Å². The number of nitrogens with one attached hydrogen (secondary N) is 1. The largest absolute Gasteiger partial charge is 0.505 e. The first kappa shape index (κ1) is 16.8. The molecule has 0 radical (unpaired) electrons. The predicted octanol–water partition coefficient (Wildman–Crippen LogP) is 3.16. The Kier molecular flexibility index (Phi) is 4.44. The van der Waals surface area contributed by atoms with Gasteiger partial charge in [-0.1, -0.05) is 25.0 Å². The summed E-state index contributed by atoms with van der Waals surface area (Å²) in [6.45, 7) is 2.26. The molecule has 1 spiro atoms. The summed E-state index contributed by atoms with van der Waals surface area (Å²) in [6, 6.07) is 4.70. The SMILES string of the molecule is O=C(C1CC2(CCCC2)CN1)N1CCCC(c2cccc(O)c2F)C1. The number of aromatic hydroxyl groups is 1. The van der Waals surface area contributed by atoms with Crippen molar-refractivity contribution in [1.82, 2.24) is 10.2 Å². The summed E-state index contributed by atoms with van der Waals surface area (Å²) >= 11 is 0. The molecular formula is C20H27FN2O2. The quantitative estimate of drug-likeness (QED) is 0.865. The summed E-state index contributed by atoms with van der Waals surface area (Å²) in [5.74, 6) is -0.701. The zero-order valence-corrected chi connectivity index (χ0v) is 14.6. The number of rotatable bonds is 2. The first-order chi connectivity index (χ1) is 12.1. The minimum Gasteiger partial charge on any atom is -0.505 e. The molecule has 0 aromatic heterocycles. The van der Waals surface area contributed by atoms with Gasteiger partial charge in [-0.2, -0.15) is 0 Å². The van der Waals surface area contributed by atoms with E-state index in [4.69, 9.17) is 0 Å². The lowest BCUT2D eigenvalue weighted by Crippen LogP contribution is -2.47. The highest BCUT2D eigenvalue weighted by Gasteiger charge is 2.44. The summed E-state index contributed by atoms with van der Waals surface area (Å²) in [6.07, 6.45) is 7.72. The van der Waals surface area contributed by atoms with Crippen molar-refractivity contribution < 1.29 is 14.3 Å². The molecule has 4 rings (SSSR count). The van der Waals surface area contributed by atoms with Gasteiger partial charge in [0, 0.05) is 25.6 Å². The van der Waals surface area contributed by atoms with Crippen LogP contribution in [0.25, 0.3) is 0 Å². The van der Waals surface area contributed by atoms with E-state index in [0.29, 0.717) is 17.5 Å². The van der Waals surface area contributed by atoms with Crippen molar-refractivity contribution in [1.29, 1.82) is 0 Å². The van der Waals surface area contributed by atoms with Crippen LogP contribution >= 0.6 is 0 Å². The number of likely N-dealkylation sites (tertiary alicyclic amines) is 1. The summed E-state index contributed by atoms with van der Waals surface area (Å²) in [7, 11) is 0. The Morgan fingerprint density at radius 3 is 2.88 bits per heavy atom. The van der Waals surface area contributed by atoms with E-state index in [2.05, 4.69) is 5.32 Å². The first-order valence-corrected chi connectivity index (χ1v) is 9.58. The summed E-state index contributed by atoms with van der Waals surface area (Å²) in [5, 5.41) is 13.1. The van der Waals surface area contributed by atoms with Gasteiger partial charge < -0.3 is 15.3 Å². The molecule has 1 saturated carbocycles. The molecule has 1 aliphatic carbocycles. The van der Waals surface area contributed by atoms with E-state index < -0.39 is 5.82 Å². The van der Waals surface area contributed by atoms with Crippen LogP contribution < -0.4 is 5.32 Å². The molecule has 2 N–H and O–H groups in total. The van der Waals surface area contributed by atoms with Gasteiger partial charge in [-0.3, -0.25) is 4.79 Å². The van der Waals surface area contributed by atoms with E-state index in [1.54, 1.807) is 12.1 Å². The molecule has 2 aliphatic heterocycles. The summed E-state index contributed by atoms with van der Waals surface area (Å²) in [5.41, 5.74) is 0.872. The number of halogens is 1. The Balaban J connectivity index is 1.44. The van der Waals surface area contributed by atoms with Crippen LogP contribution in [-0.4, -0.2) is 41.6 Å². The van der Waals surface area contributed by atoms with Crippen molar-refractivity contribution >= 4 is 5.91 Å². The van der Waals surface area contributed by atoms with Gasteiger partial charge in [-0.25, -0.2) is 4.39 Å². The van der Waals surface area contributed by atoms with Gasteiger partial charge in [0.2, 0.25) is 5.91 Å². The van der Waals surface area contributed by atoms with E-state index in [0.717, 1.165) is 32.4 Å². The van der Waals surface area contributed by atoms with Crippen molar-refractivity contribution in [2.45, 2.75) is 56.9 Å². The van der Waals surface area contributed by atoms with E-state index >= 15 is 0 Å². The second-order valence-corrected chi connectivity index (χ2v) is 8.15. The molecule has 0 bridgehead atoms. The lowest BCUT2D eigenvalue weighted by Gasteiger charge is -2.35. The lowest BCUT2D eigenvalue weighted by atomic mass is 9.83. The molecule has 1 aromatic carbocycles. The minimum absolute atomic E-state index is 0.0355. The zero-order valence-electron chi connectivity index (χ0n) is 14.6. The molecule has 3 aliphatic rings. The molecule has 5 heteroatoms. The molecule has 2 atom stereocenters. The number of nitrogens with zero attached hydrogens (tertiary/aromatic N) is 1. The standard InChI is InChI=1S/C20H27FN2O2/c21-18-15(6-3-7-17(18)24)14-5-4-10-23(12-14)19(25)16-11-20(13-22-16)8-1-2-9-20/h3,6-7,14,16,22,24H,1-2,4-5,8-13H2. The molecule has 1 amide bonds. The number of hydrogen-bond donors (Lipinski definition) is 2. The second kappa shape index (κ2) is 6.60. The smallest absolute Gasteiger partial charge is 0.239 e. The number of phenolic OH excluding ortho intramolecular Hbond substituents is 1. The van der Waals surface area contributed by atoms with Crippen molar-refractivity contribution in [3.8, 4) is 5.75 Å². The van der Waals surface area contributed by atoms with Crippen LogP contribution in [0.15, 0.2) is 18.2 Å². The minimum atomic E-state index is -0.536. The van der Waals surface area contributed by atoms with E-state index in [1.807, 2.05) is 4.90 Å². The molecule has 25 heavy (non-hydrogen) atoms. The van der Waals surface area contributed by atoms with Crippen LogP contribution in [0.2, 0.25) is 0 Å². The maximum atomic E-state index is 14.2. The molecular weight excluding hydrogens is 319 g/mol. The molecule has 2 heterocycles. The third kappa shape index (κ3) is 3.14. The number of carbonyl (C=O) groups excluding carboxylic acids is 1. The zero-order chi connectivity index (χ0) is 17.4. The summed E-state index contributed by atoms with van der Waals surface area (Å²) < 4.78 is 14.2. The molecule has 4 nitrogen and oxygen atoms in total. The highest BCUT2D eigenvalue weighted by atomic mass is 19.1. The lowest BCUT2D eigenvalue weighted by molar-refractivity contribution is -0.134. The van der Waals surface area contributed by atoms with Crippen LogP contribution in [0.1, 0.15) is 56.4 Å². The highest BCUT2D eigenvalue weighted by molar-refractivity contribution is 5.82. The van der Waals surface area contributed by atoms with Crippen LogP contribution in [0.3, 0.4) is 0 Å². The van der Waals surface area contributed by atoms with Crippen molar-refractivity contribution in [3.05, 3.63) is 29.6 Å². The number of carbonyl (C=O) groups is 1. The Morgan fingerprint density at radius 1 is 1.28 bits per heavy atom. The van der Waals surface area contributed by atoms with Crippen LogP contribution in [0.4, 0.5) is 4.39 Å². The van der Waals surface area contributed by atoms with Crippen molar-refractivity contribution in [2.24, 2.45) is 5.41 Å². The van der Waals surface area contributed by atoms with Crippen molar-refractivity contribution in [2.75, 3.05) is 19.6 Å². The normalized spacial score (nSPS) is 28.6. The fourth-order valence-electron chi connectivity index (χ4n) is 5.10. The van der Waals surface area contributed by atoms with E-state index in [-0.39, 0.29) is 23.6 Å². The number of amides is 1. The fourth-order valence-corrected chi connectivity index (χ4v) is 5.10. The highest BCUT2D eigenvalue weighted by Crippen LogP contribution is 2.45. The Hall–Kier alpha value is -1.62. The number of piperidine rings is 1. The van der Waals surface area contributed by atoms with E-state index in [1.165, 1.54) is 31.7 Å². The maximum Gasteiger partial charge on any atom is 0.239 e. The van der Waals surface area contributed by atoms with E-state index in [9.17, 15) is 14.3 Å². The monoisotopic (exact) mass is 346 g/mol. The Morgan fingerprint density at radius 2 is 2.08 bits per heavy atom. The second-order valence-electron chi connectivity index (χ2n) is 8.15. The Labute approximate surface area is 148 Å². The van der Waals surface area contributed by atoms with Crippen molar-refractivity contribution in [3.63, 3.8) is 0 Å². The Bertz CT molecular complexity index is 657. The average Bonchev–Trinajstić information content (AvgIpc) is 3.27. The molecule has 2 saturated heterocycles. The first-order valence-electron chi connectivity index (χ1n) is 9.58. The fraction of sp³-hybridized carbons (Fsp3) is 0.650.